The Morgan fingerprint density at radius 2 is 0.762 bits per heavy atom. The summed E-state index contributed by atoms with van der Waals surface area (Å²) < 4.78 is 2.39. The third-order valence-corrected chi connectivity index (χ3v) is 13.6. The van der Waals surface area contributed by atoms with Crippen LogP contribution in [0, 0.1) is 0 Å². The van der Waals surface area contributed by atoms with Gasteiger partial charge in [0.25, 0.3) is 0 Å². The highest BCUT2D eigenvalue weighted by molar-refractivity contribution is 6.09. The molecular formula is C61H40N2. The zero-order valence-corrected chi connectivity index (χ0v) is 34.5. The van der Waals surface area contributed by atoms with Gasteiger partial charge in [-0.15, -0.1) is 0 Å². The summed E-state index contributed by atoms with van der Waals surface area (Å²) in [5.41, 5.74) is 22.0. The van der Waals surface area contributed by atoms with Crippen LogP contribution in [-0.4, -0.2) is 4.57 Å². The second-order valence-electron chi connectivity index (χ2n) is 16.8. The number of hydrogen-bond acceptors (Lipinski definition) is 1. The van der Waals surface area contributed by atoms with E-state index in [2.05, 4.69) is 252 Å². The molecule has 1 spiro atoms. The minimum absolute atomic E-state index is 0.383. The number of hydrogen-bond donors (Lipinski definition) is 0. The number of para-hydroxylation sites is 3. The average Bonchev–Trinajstić information content (AvgIpc) is 3.97. The molecule has 0 bridgehead atoms. The Balaban J connectivity index is 0.940. The van der Waals surface area contributed by atoms with E-state index in [-0.39, 0.29) is 5.41 Å². The van der Waals surface area contributed by atoms with Gasteiger partial charge in [0.15, 0.2) is 0 Å². The molecule has 0 aliphatic heterocycles. The maximum absolute atomic E-state index is 2.39. The van der Waals surface area contributed by atoms with E-state index in [4.69, 9.17) is 0 Å². The molecule has 2 aliphatic rings. The Kier molecular flexibility index (Phi) is 7.85. The van der Waals surface area contributed by atoms with Gasteiger partial charge in [-0.05, 0) is 121 Å². The minimum Gasteiger partial charge on any atom is -0.310 e. The predicted molar refractivity (Wildman–Crippen MR) is 263 cm³/mol. The van der Waals surface area contributed by atoms with Gasteiger partial charge in [-0.3, -0.25) is 0 Å². The van der Waals surface area contributed by atoms with E-state index in [1.54, 1.807) is 0 Å². The van der Waals surface area contributed by atoms with Crippen LogP contribution in [0.2, 0.25) is 0 Å². The topological polar surface area (TPSA) is 8.17 Å². The molecule has 13 rings (SSSR count). The first-order chi connectivity index (χ1) is 31.3. The van der Waals surface area contributed by atoms with Crippen molar-refractivity contribution < 1.29 is 0 Å². The van der Waals surface area contributed by atoms with Gasteiger partial charge in [-0.1, -0.05) is 188 Å². The molecule has 10 aromatic carbocycles. The third-order valence-electron chi connectivity index (χ3n) is 13.6. The van der Waals surface area contributed by atoms with Crippen molar-refractivity contribution in [2.45, 2.75) is 5.41 Å². The quantitative estimate of drug-likeness (QED) is 0.163. The molecule has 0 radical (unpaired) electrons. The van der Waals surface area contributed by atoms with E-state index >= 15 is 0 Å². The SMILES string of the molecule is c1ccc(N(c2ccc(-c3ccccc3-c3cccc4c3-c3ccccc3C43c4ccccc4-c4ccccc43)cc2)c2cccc(-n3c4ccccc4c4ccccc43)c2)cc1. The normalized spacial score (nSPS) is 12.9. The summed E-state index contributed by atoms with van der Waals surface area (Å²) in [5.74, 6) is 0. The molecule has 0 N–H and O–H groups in total. The molecule has 0 saturated heterocycles. The summed E-state index contributed by atoms with van der Waals surface area (Å²) in [6.45, 7) is 0. The van der Waals surface area contributed by atoms with E-state index < -0.39 is 0 Å². The zero-order chi connectivity index (χ0) is 41.5. The standard InChI is InChI=1S/C61H40N2/c1-2-18-42(19-3-1)62(44-20-16-21-45(40-44)63-58-34-14-9-26-50(58)51-27-10-15-35-59(51)63)43-38-36-41(37-39-43)46-22-4-5-23-47(46)52-29-17-33-57-60(52)53-28-8-13-32-56(53)61(57)54-30-11-6-24-48(54)49-25-7-12-31-55(49)61/h1-40H. The molecule has 2 aliphatic carbocycles. The Bertz CT molecular complexity index is 3480. The first-order valence-electron chi connectivity index (χ1n) is 21.9. The maximum Gasteiger partial charge on any atom is 0.0725 e. The van der Waals surface area contributed by atoms with Crippen LogP contribution in [0.4, 0.5) is 17.1 Å². The average molecular weight is 801 g/mol. The van der Waals surface area contributed by atoms with Gasteiger partial charge in [0.05, 0.1) is 16.4 Å². The van der Waals surface area contributed by atoms with E-state index in [0.29, 0.717) is 0 Å². The molecule has 294 valence electrons. The van der Waals surface area contributed by atoms with Crippen LogP contribution < -0.4 is 4.90 Å². The molecule has 0 saturated carbocycles. The molecule has 63 heavy (non-hydrogen) atoms. The summed E-state index contributed by atoms with van der Waals surface area (Å²) in [6, 6.07) is 89.3. The number of nitrogens with zero attached hydrogens (tertiary/aromatic N) is 2. The molecular weight excluding hydrogens is 761 g/mol. The van der Waals surface area contributed by atoms with Crippen molar-refractivity contribution in [3.63, 3.8) is 0 Å². The lowest BCUT2D eigenvalue weighted by Crippen LogP contribution is -2.25. The summed E-state index contributed by atoms with van der Waals surface area (Å²) >= 11 is 0. The number of rotatable bonds is 6. The smallest absolute Gasteiger partial charge is 0.0725 e. The van der Waals surface area contributed by atoms with Crippen LogP contribution in [-0.2, 0) is 5.41 Å². The van der Waals surface area contributed by atoms with Gasteiger partial charge < -0.3 is 9.47 Å². The van der Waals surface area contributed by atoms with Crippen molar-refractivity contribution in [2.24, 2.45) is 0 Å². The monoisotopic (exact) mass is 800 g/mol. The van der Waals surface area contributed by atoms with Crippen LogP contribution in [0.3, 0.4) is 0 Å². The van der Waals surface area contributed by atoms with Gasteiger partial charge in [-0.25, -0.2) is 0 Å². The first-order valence-corrected chi connectivity index (χ1v) is 21.9. The molecule has 0 fully saturated rings. The van der Waals surface area contributed by atoms with Crippen LogP contribution in [0.1, 0.15) is 22.3 Å². The highest BCUT2D eigenvalue weighted by Gasteiger charge is 2.52. The number of fused-ring (bicyclic) bond motifs is 13. The van der Waals surface area contributed by atoms with E-state index in [0.717, 1.165) is 22.7 Å². The zero-order valence-electron chi connectivity index (χ0n) is 34.5. The van der Waals surface area contributed by atoms with Crippen molar-refractivity contribution in [3.05, 3.63) is 265 Å². The van der Waals surface area contributed by atoms with E-state index in [9.17, 15) is 0 Å². The number of anilines is 3. The van der Waals surface area contributed by atoms with Gasteiger partial charge in [0, 0.05) is 33.5 Å². The van der Waals surface area contributed by atoms with Crippen LogP contribution >= 0.6 is 0 Å². The summed E-state index contributed by atoms with van der Waals surface area (Å²) in [7, 11) is 0. The lowest BCUT2D eigenvalue weighted by atomic mass is 9.70. The fraction of sp³-hybridized carbons (Fsp3) is 0.0164. The van der Waals surface area contributed by atoms with Gasteiger partial charge in [-0.2, -0.15) is 0 Å². The fourth-order valence-corrected chi connectivity index (χ4v) is 11.1. The Morgan fingerprint density at radius 3 is 1.43 bits per heavy atom. The maximum atomic E-state index is 2.39. The van der Waals surface area contributed by atoms with Gasteiger partial charge in [0.2, 0.25) is 0 Å². The molecule has 0 unspecified atom stereocenters. The highest BCUT2D eigenvalue weighted by atomic mass is 15.1. The minimum atomic E-state index is -0.383. The Labute approximate surface area is 367 Å². The van der Waals surface area contributed by atoms with E-state index in [1.165, 1.54) is 88.6 Å². The predicted octanol–water partition coefficient (Wildman–Crippen LogP) is 15.9. The second kappa shape index (κ2) is 13.9. The number of benzene rings is 10. The number of aromatic nitrogens is 1. The van der Waals surface area contributed by atoms with Crippen LogP contribution in [0.25, 0.3) is 72.0 Å². The van der Waals surface area contributed by atoms with Gasteiger partial charge >= 0.3 is 0 Å². The largest absolute Gasteiger partial charge is 0.310 e. The first kappa shape index (κ1) is 35.5. The highest BCUT2D eigenvalue weighted by Crippen LogP contribution is 2.64. The molecule has 0 atom stereocenters. The molecule has 0 amide bonds. The van der Waals surface area contributed by atoms with Crippen LogP contribution in [0.15, 0.2) is 243 Å². The van der Waals surface area contributed by atoms with Crippen LogP contribution in [0.5, 0.6) is 0 Å². The third kappa shape index (κ3) is 5.13. The molecule has 2 nitrogen and oxygen atoms in total. The summed E-state index contributed by atoms with van der Waals surface area (Å²) in [4.78, 5) is 2.37. The molecule has 1 heterocycles. The lowest BCUT2D eigenvalue weighted by Gasteiger charge is -2.30. The van der Waals surface area contributed by atoms with Crippen molar-refractivity contribution in [2.75, 3.05) is 4.90 Å². The van der Waals surface area contributed by atoms with E-state index in [1.807, 2.05) is 0 Å². The Hall–Kier alpha value is -8.20. The fourth-order valence-electron chi connectivity index (χ4n) is 11.1. The second-order valence-corrected chi connectivity index (χ2v) is 16.8. The Morgan fingerprint density at radius 1 is 0.302 bits per heavy atom. The van der Waals surface area contributed by atoms with Crippen molar-refractivity contribution in [1.29, 1.82) is 0 Å². The van der Waals surface area contributed by atoms with Crippen molar-refractivity contribution in [3.8, 4) is 50.2 Å². The summed E-state index contributed by atoms with van der Waals surface area (Å²) in [5, 5.41) is 2.51. The van der Waals surface area contributed by atoms with Gasteiger partial charge in [0.1, 0.15) is 0 Å². The molecule has 11 aromatic rings. The summed E-state index contributed by atoms with van der Waals surface area (Å²) in [6.07, 6.45) is 0. The molecule has 2 heteroatoms. The molecule has 1 aromatic heterocycles. The van der Waals surface area contributed by atoms with Crippen molar-refractivity contribution in [1.82, 2.24) is 4.57 Å². The van der Waals surface area contributed by atoms with Crippen molar-refractivity contribution >= 4 is 38.9 Å². The lowest BCUT2D eigenvalue weighted by molar-refractivity contribution is 0.794.